The standard InChI is InChI=1S/C22H37N3O5.C11H16O2/c1-15(2)18-11-17(5)21(19(12-18)28-8)30-22(27)25(7)10-9-24(6)14-29-20(26)13-23-16(3)4;1-7(2)9-5-8(3)11(12)10(6-9)13-4/h11-12,15-16,23H,9-10,13-14H2,1-8H3;5-7,12H,1-4H3. The summed E-state index contributed by atoms with van der Waals surface area (Å²) in [5.41, 5.74) is 4.02. The van der Waals surface area contributed by atoms with Crippen molar-refractivity contribution in [1.82, 2.24) is 15.1 Å². The number of nitrogens with zero attached hydrogens (tertiary/aromatic N) is 2. The van der Waals surface area contributed by atoms with Crippen molar-refractivity contribution in [2.24, 2.45) is 0 Å². The minimum absolute atomic E-state index is 0.158. The molecule has 2 rings (SSSR count). The van der Waals surface area contributed by atoms with E-state index in [0.29, 0.717) is 42.2 Å². The second-order valence-electron chi connectivity index (χ2n) is 11.6. The van der Waals surface area contributed by atoms with Crippen LogP contribution in [0, 0.1) is 13.8 Å². The molecule has 0 saturated heterocycles. The van der Waals surface area contributed by atoms with E-state index in [1.54, 1.807) is 21.3 Å². The van der Waals surface area contributed by atoms with Gasteiger partial charge < -0.3 is 34.3 Å². The summed E-state index contributed by atoms with van der Waals surface area (Å²) in [6.07, 6.45) is -0.472. The van der Waals surface area contributed by atoms with Crippen LogP contribution < -0.4 is 19.5 Å². The number of aryl methyl sites for hydroxylation is 2. The average molecular weight is 604 g/mol. The molecule has 10 nitrogen and oxygen atoms in total. The van der Waals surface area contributed by atoms with Gasteiger partial charge in [-0.3, -0.25) is 9.69 Å². The van der Waals surface area contributed by atoms with Crippen LogP contribution in [0.3, 0.4) is 0 Å². The Hall–Kier alpha value is -3.50. The number of carbonyl (C=O) groups excluding carboxylic acids is 2. The highest BCUT2D eigenvalue weighted by molar-refractivity contribution is 5.72. The summed E-state index contributed by atoms with van der Waals surface area (Å²) in [5, 5.41) is 12.6. The Bertz CT molecular complexity index is 1180. The monoisotopic (exact) mass is 603 g/mol. The summed E-state index contributed by atoms with van der Waals surface area (Å²) in [6.45, 7) is 17.4. The first-order valence-electron chi connectivity index (χ1n) is 14.7. The van der Waals surface area contributed by atoms with E-state index in [0.717, 1.165) is 16.7 Å². The van der Waals surface area contributed by atoms with Crippen LogP contribution in [0.4, 0.5) is 4.79 Å². The van der Waals surface area contributed by atoms with Crippen molar-refractivity contribution >= 4 is 12.1 Å². The quantitative estimate of drug-likeness (QED) is 0.216. The van der Waals surface area contributed by atoms with E-state index in [1.165, 1.54) is 10.5 Å². The van der Waals surface area contributed by atoms with Gasteiger partial charge in [0, 0.05) is 26.2 Å². The zero-order valence-electron chi connectivity index (χ0n) is 28.2. The second-order valence-corrected chi connectivity index (χ2v) is 11.6. The van der Waals surface area contributed by atoms with Gasteiger partial charge in [-0.1, -0.05) is 53.7 Å². The van der Waals surface area contributed by atoms with E-state index in [1.807, 2.05) is 63.9 Å². The minimum Gasteiger partial charge on any atom is -0.504 e. The summed E-state index contributed by atoms with van der Waals surface area (Å²) in [7, 11) is 6.62. The highest BCUT2D eigenvalue weighted by atomic mass is 16.6. The maximum atomic E-state index is 12.5. The van der Waals surface area contributed by atoms with Gasteiger partial charge in [0.2, 0.25) is 0 Å². The van der Waals surface area contributed by atoms with Crippen LogP contribution in [0.15, 0.2) is 24.3 Å². The van der Waals surface area contributed by atoms with Crippen molar-refractivity contribution in [2.75, 3.05) is 54.7 Å². The van der Waals surface area contributed by atoms with Gasteiger partial charge in [0.05, 0.1) is 20.8 Å². The number of rotatable bonds is 13. The Kier molecular flexibility index (Phi) is 15.9. The van der Waals surface area contributed by atoms with E-state index in [-0.39, 0.29) is 31.0 Å². The fourth-order valence-electron chi connectivity index (χ4n) is 3.81. The smallest absolute Gasteiger partial charge is 0.415 e. The van der Waals surface area contributed by atoms with Gasteiger partial charge in [0.1, 0.15) is 6.73 Å². The number of nitrogens with one attached hydrogen (secondary N) is 1. The molecule has 0 aliphatic rings. The molecule has 0 spiro atoms. The minimum atomic E-state index is -0.472. The maximum Gasteiger partial charge on any atom is 0.415 e. The van der Waals surface area contributed by atoms with Crippen molar-refractivity contribution in [1.29, 1.82) is 0 Å². The van der Waals surface area contributed by atoms with Crippen LogP contribution >= 0.6 is 0 Å². The number of likely N-dealkylation sites (N-methyl/N-ethyl adjacent to an activating group) is 2. The van der Waals surface area contributed by atoms with Crippen LogP contribution in [-0.4, -0.2) is 87.7 Å². The van der Waals surface area contributed by atoms with Gasteiger partial charge in [-0.25, -0.2) is 4.79 Å². The first-order chi connectivity index (χ1) is 20.1. The summed E-state index contributed by atoms with van der Waals surface area (Å²) in [4.78, 5) is 27.5. The van der Waals surface area contributed by atoms with Gasteiger partial charge >= 0.3 is 12.1 Å². The zero-order chi connectivity index (χ0) is 32.9. The fraction of sp³-hybridized carbons (Fsp3) is 0.576. The Balaban J connectivity index is 0.000000589. The number of aromatic hydroxyl groups is 1. The van der Waals surface area contributed by atoms with E-state index in [4.69, 9.17) is 18.9 Å². The molecule has 0 radical (unpaired) electrons. The molecule has 43 heavy (non-hydrogen) atoms. The SMILES string of the molecule is COc1cc(C(C)C)cc(C)c1O.COc1cc(C(C)C)cc(C)c1OC(=O)N(C)CCN(C)COC(=O)CNC(C)C. The largest absolute Gasteiger partial charge is 0.504 e. The number of carbonyl (C=O) groups is 2. The molecular formula is C33H53N3O7. The molecule has 242 valence electrons. The summed E-state index contributed by atoms with van der Waals surface area (Å²) >= 11 is 0. The predicted molar refractivity (Wildman–Crippen MR) is 171 cm³/mol. The molecule has 0 aromatic heterocycles. The Labute approximate surface area is 258 Å². The highest BCUT2D eigenvalue weighted by Gasteiger charge is 2.19. The number of amides is 1. The van der Waals surface area contributed by atoms with Crippen molar-refractivity contribution in [3.63, 3.8) is 0 Å². The maximum absolute atomic E-state index is 12.5. The lowest BCUT2D eigenvalue weighted by molar-refractivity contribution is -0.147. The topological polar surface area (TPSA) is 110 Å². The second kappa shape index (κ2) is 18.2. The van der Waals surface area contributed by atoms with Crippen molar-refractivity contribution in [2.45, 2.75) is 73.3 Å². The van der Waals surface area contributed by atoms with Crippen molar-refractivity contribution < 1.29 is 33.6 Å². The third-order valence-electron chi connectivity index (χ3n) is 6.74. The molecule has 0 fully saturated rings. The number of hydrogen-bond acceptors (Lipinski definition) is 9. The Morgan fingerprint density at radius 3 is 1.88 bits per heavy atom. The first kappa shape index (κ1) is 37.5. The van der Waals surface area contributed by atoms with Crippen LogP contribution in [0.25, 0.3) is 0 Å². The van der Waals surface area contributed by atoms with Crippen molar-refractivity contribution in [3.05, 3.63) is 46.5 Å². The van der Waals surface area contributed by atoms with Gasteiger partial charge in [-0.05, 0) is 67.1 Å². The molecule has 0 bridgehead atoms. The number of benzene rings is 2. The van der Waals surface area contributed by atoms with Crippen LogP contribution in [0.1, 0.15) is 75.6 Å². The number of phenolic OH excluding ortho intramolecular Hbond substituents is 1. The van der Waals surface area contributed by atoms with E-state index in [9.17, 15) is 14.7 Å². The van der Waals surface area contributed by atoms with Crippen molar-refractivity contribution in [3.8, 4) is 23.0 Å². The Morgan fingerprint density at radius 2 is 1.37 bits per heavy atom. The van der Waals surface area contributed by atoms with Crippen LogP contribution in [0.2, 0.25) is 0 Å². The predicted octanol–water partition coefficient (Wildman–Crippen LogP) is 5.82. The lowest BCUT2D eigenvalue weighted by Crippen LogP contribution is -2.38. The number of phenols is 1. The number of esters is 1. The van der Waals surface area contributed by atoms with Crippen LogP contribution in [-0.2, 0) is 9.53 Å². The summed E-state index contributed by atoms with van der Waals surface area (Å²) < 4.78 is 21.3. The lowest BCUT2D eigenvalue weighted by atomic mass is 10.00. The zero-order valence-corrected chi connectivity index (χ0v) is 28.2. The molecule has 1 amide bonds. The number of methoxy groups -OCH3 is 2. The highest BCUT2D eigenvalue weighted by Crippen LogP contribution is 2.35. The molecule has 2 aromatic rings. The van der Waals surface area contributed by atoms with E-state index in [2.05, 4.69) is 33.0 Å². The van der Waals surface area contributed by atoms with Gasteiger partial charge in [0.15, 0.2) is 23.0 Å². The van der Waals surface area contributed by atoms with Crippen LogP contribution in [0.5, 0.6) is 23.0 Å². The normalized spacial score (nSPS) is 11.0. The lowest BCUT2D eigenvalue weighted by Gasteiger charge is -2.23. The fourth-order valence-corrected chi connectivity index (χ4v) is 3.81. The Morgan fingerprint density at radius 1 is 0.837 bits per heavy atom. The van der Waals surface area contributed by atoms with E-state index < -0.39 is 6.09 Å². The number of ether oxygens (including phenoxy) is 4. The number of hydrogen-bond donors (Lipinski definition) is 2. The average Bonchev–Trinajstić information content (AvgIpc) is 2.95. The molecule has 0 heterocycles. The van der Waals surface area contributed by atoms with Gasteiger partial charge in [0.25, 0.3) is 0 Å². The summed E-state index contributed by atoms with van der Waals surface area (Å²) in [5.74, 6) is 2.26. The van der Waals surface area contributed by atoms with Gasteiger partial charge in [-0.2, -0.15) is 0 Å². The first-order valence-corrected chi connectivity index (χ1v) is 14.7. The molecule has 0 unspecified atom stereocenters. The molecule has 10 heteroatoms. The third kappa shape index (κ3) is 12.7. The molecular weight excluding hydrogens is 550 g/mol. The molecule has 0 aliphatic carbocycles. The summed E-state index contributed by atoms with van der Waals surface area (Å²) in [6, 6.07) is 8.00. The van der Waals surface area contributed by atoms with Gasteiger partial charge in [-0.15, -0.1) is 0 Å². The van der Waals surface area contributed by atoms with E-state index >= 15 is 0 Å². The third-order valence-corrected chi connectivity index (χ3v) is 6.74. The molecule has 0 saturated carbocycles. The molecule has 2 N–H and O–H groups in total. The molecule has 0 aliphatic heterocycles. The molecule has 0 atom stereocenters. The molecule has 2 aromatic carbocycles.